The fourth-order valence-electron chi connectivity index (χ4n) is 3.56. The number of nitrogens with zero attached hydrogens (tertiary/aromatic N) is 1. The van der Waals surface area contributed by atoms with Gasteiger partial charge < -0.3 is 20.6 Å². The Hall–Kier alpha value is -3.97. The van der Waals surface area contributed by atoms with Gasteiger partial charge in [-0.25, -0.2) is 4.79 Å². The number of allylic oxidation sites excluding steroid dienone is 1. The van der Waals surface area contributed by atoms with Crippen LogP contribution in [-0.4, -0.2) is 55.0 Å². The molecular weight excluding hydrogens is 430 g/mol. The van der Waals surface area contributed by atoms with Crippen molar-refractivity contribution in [1.29, 1.82) is 0 Å². The Labute approximate surface area is 199 Å². The first kappa shape index (κ1) is 24.7. The van der Waals surface area contributed by atoms with Gasteiger partial charge in [0.1, 0.15) is 0 Å². The number of carboxylic acids is 1. The Morgan fingerprint density at radius 1 is 0.941 bits per heavy atom. The first-order chi connectivity index (χ1) is 16.2. The summed E-state index contributed by atoms with van der Waals surface area (Å²) >= 11 is 0. The molecule has 0 radical (unpaired) electrons. The topological polar surface area (TPSA) is 98.7 Å². The van der Waals surface area contributed by atoms with E-state index in [1.165, 1.54) is 24.3 Å². The fraction of sp³-hybridized carbons (Fsp3) is 0.222. The molecule has 3 rings (SSSR count). The molecule has 34 heavy (non-hydrogen) atoms. The van der Waals surface area contributed by atoms with E-state index in [9.17, 15) is 19.5 Å². The van der Waals surface area contributed by atoms with Crippen LogP contribution in [-0.2, 0) is 4.79 Å². The van der Waals surface area contributed by atoms with Crippen LogP contribution >= 0.6 is 0 Å². The summed E-state index contributed by atoms with van der Waals surface area (Å²) in [6.07, 6.45) is 2.21. The zero-order chi connectivity index (χ0) is 24.7. The molecule has 7 heteroatoms. The number of carbonyl (C=O) groups excluding carboxylic acids is 2. The van der Waals surface area contributed by atoms with E-state index >= 15 is 0 Å². The fourth-order valence-corrected chi connectivity index (χ4v) is 3.56. The van der Waals surface area contributed by atoms with Gasteiger partial charge in [0.05, 0.1) is 11.3 Å². The molecule has 0 unspecified atom stereocenters. The number of anilines is 1. The van der Waals surface area contributed by atoms with Crippen molar-refractivity contribution in [3.63, 3.8) is 0 Å². The highest BCUT2D eigenvalue weighted by Gasteiger charge is 2.15. The SMILES string of the molecule is C/C(=C/C(=O)Nc1cc(C(=O)NCCCN(C)C)ccc1C(=O)O)c1ccc2ccccc2c1. The number of fused-ring (bicyclic) bond motifs is 1. The lowest BCUT2D eigenvalue weighted by molar-refractivity contribution is -0.111. The Balaban J connectivity index is 1.76. The van der Waals surface area contributed by atoms with Crippen LogP contribution in [0.15, 0.2) is 66.7 Å². The number of benzene rings is 3. The van der Waals surface area contributed by atoms with Crippen molar-refractivity contribution in [2.24, 2.45) is 0 Å². The van der Waals surface area contributed by atoms with E-state index in [4.69, 9.17) is 0 Å². The first-order valence-electron chi connectivity index (χ1n) is 11.0. The summed E-state index contributed by atoms with van der Waals surface area (Å²) in [5, 5.41) is 17.1. The van der Waals surface area contributed by atoms with Gasteiger partial charge in [0.2, 0.25) is 5.91 Å². The molecule has 3 N–H and O–H groups in total. The molecule has 0 aliphatic heterocycles. The monoisotopic (exact) mass is 459 g/mol. The van der Waals surface area contributed by atoms with Gasteiger partial charge in [-0.3, -0.25) is 9.59 Å². The van der Waals surface area contributed by atoms with Gasteiger partial charge in [-0.2, -0.15) is 0 Å². The highest BCUT2D eigenvalue weighted by molar-refractivity contribution is 6.08. The number of aromatic carboxylic acids is 1. The van der Waals surface area contributed by atoms with E-state index in [2.05, 4.69) is 10.6 Å². The summed E-state index contributed by atoms with van der Waals surface area (Å²) in [5.41, 5.74) is 1.88. The molecule has 0 saturated carbocycles. The van der Waals surface area contributed by atoms with E-state index in [-0.39, 0.29) is 22.7 Å². The third-order valence-corrected chi connectivity index (χ3v) is 5.39. The lowest BCUT2D eigenvalue weighted by Gasteiger charge is -2.12. The molecule has 0 saturated heterocycles. The number of rotatable bonds is 9. The second-order valence-electron chi connectivity index (χ2n) is 8.36. The summed E-state index contributed by atoms with van der Waals surface area (Å²) in [4.78, 5) is 38.9. The van der Waals surface area contributed by atoms with Crippen LogP contribution < -0.4 is 10.6 Å². The van der Waals surface area contributed by atoms with E-state index in [0.717, 1.165) is 34.9 Å². The number of carbonyl (C=O) groups is 3. The highest BCUT2D eigenvalue weighted by atomic mass is 16.4. The average Bonchev–Trinajstić information content (AvgIpc) is 2.80. The number of carboxylic acid groups (broad SMARTS) is 1. The first-order valence-corrected chi connectivity index (χ1v) is 11.0. The van der Waals surface area contributed by atoms with Gasteiger partial charge >= 0.3 is 5.97 Å². The summed E-state index contributed by atoms with van der Waals surface area (Å²) in [6.45, 7) is 3.15. The van der Waals surface area contributed by atoms with Crippen LogP contribution in [0, 0.1) is 0 Å². The molecule has 0 spiro atoms. The van der Waals surface area contributed by atoms with Crippen LogP contribution in [0.3, 0.4) is 0 Å². The average molecular weight is 460 g/mol. The number of hydrogen-bond donors (Lipinski definition) is 3. The van der Waals surface area contributed by atoms with Gasteiger partial charge in [0.25, 0.3) is 5.91 Å². The molecule has 0 aromatic heterocycles. The Kier molecular flexibility index (Phi) is 8.16. The van der Waals surface area contributed by atoms with Gasteiger partial charge in [0, 0.05) is 18.2 Å². The minimum Gasteiger partial charge on any atom is -0.478 e. The zero-order valence-electron chi connectivity index (χ0n) is 19.6. The second-order valence-corrected chi connectivity index (χ2v) is 8.36. The third kappa shape index (κ3) is 6.52. The zero-order valence-corrected chi connectivity index (χ0v) is 19.6. The van der Waals surface area contributed by atoms with Gasteiger partial charge in [-0.05, 0) is 80.2 Å². The quantitative estimate of drug-likeness (QED) is 0.328. The number of hydrogen-bond acceptors (Lipinski definition) is 4. The van der Waals surface area contributed by atoms with Crippen molar-refractivity contribution in [1.82, 2.24) is 10.2 Å². The minimum absolute atomic E-state index is 0.0704. The summed E-state index contributed by atoms with van der Waals surface area (Å²) in [5.74, 6) is -1.99. The smallest absolute Gasteiger partial charge is 0.337 e. The van der Waals surface area contributed by atoms with Gasteiger partial charge in [0.15, 0.2) is 0 Å². The molecule has 3 aromatic carbocycles. The molecule has 0 bridgehead atoms. The molecule has 0 fully saturated rings. The van der Waals surface area contributed by atoms with Crippen molar-refractivity contribution in [2.45, 2.75) is 13.3 Å². The van der Waals surface area contributed by atoms with E-state index in [0.29, 0.717) is 6.54 Å². The Morgan fingerprint density at radius 2 is 1.65 bits per heavy atom. The molecular formula is C27H29N3O4. The maximum atomic E-state index is 12.7. The molecule has 0 atom stereocenters. The predicted molar refractivity (Wildman–Crippen MR) is 135 cm³/mol. The standard InChI is InChI=1S/C27H29N3O4/c1-18(20-10-9-19-7-4-5-8-21(19)16-20)15-25(31)29-24-17-22(11-12-23(24)27(33)34)26(32)28-13-6-14-30(2)3/h4-5,7-12,15-17H,6,13-14H2,1-3H3,(H,28,32)(H,29,31)(H,33,34)/b18-15-. The van der Waals surface area contributed by atoms with Crippen molar-refractivity contribution >= 4 is 39.8 Å². The lowest BCUT2D eigenvalue weighted by atomic mass is 10.0. The summed E-state index contributed by atoms with van der Waals surface area (Å²) in [6, 6.07) is 18.0. The van der Waals surface area contributed by atoms with Crippen LogP contribution in [0.1, 0.15) is 39.6 Å². The van der Waals surface area contributed by atoms with E-state index in [1.54, 1.807) is 0 Å². The van der Waals surface area contributed by atoms with Crippen LogP contribution in [0.2, 0.25) is 0 Å². The molecule has 0 aliphatic rings. The third-order valence-electron chi connectivity index (χ3n) is 5.39. The van der Waals surface area contributed by atoms with Crippen LogP contribution in [0.5, 0.6) is 0 Å². The van der Waals surface area contributed by atoms with Crippen molar-refractivity contribution < 1.29 is 19.5 Å². The van der Waals surface area contributed by atoms with Crippen molar-refractivity contribution in [2.75, 3.05) is 32.5 Å². The maximum absolute atomic E-state index is 12.7. The number of amides is 2. The van der Waals surface area contributed by atoms with Gasteiger partial charge in [-0.1, -0.05) is 36.4 Å². The van der Waals surface area contributed by atoms with E-state index in [1.807, 2.05) is 68.4 Å². The van der Waals surface area contributed by atoms with Gasteiger partial charge in [-0.15, -0.1) is 0 Å². The van der Waals surface area contributed by atoms with E-state index < -0.39 is 11.9 Å². The van der Waals surface area contributed by atoms with Crippen molar-refractivity contribution in [3.8, 4) is 0 Å². The highest BCUT2D eigenvalue weighted by Crippen LogP contribution is 2.22. The molecule has 0 heterocycles. The Morgan fingerprint density at radius 3 is 2.35 bits per heavy atom. The molecule has 3 aromatic rings. The molecule has 2 amide bonds. The lowest BCUT2D eigenvalue weighted by Crippen LogP contribution is -2.27. The molecule has 176 valence electrons. The van der Waals surface area contributed by atoms with Crippen LogP contribution in [0.25, 0.3) is 16.3 Å². The number of nitrogens with one attached hydrogen (secondary N) is 2. The summed E-state index contributed by atoms with van der Waals surface area (Å²) in [7, 11) is 3.91. The van der Waals surface area contributed by atoms with Crippen LogP contribution in [0.4, 0.5) is 5.69 Å². The molecule has 0 aliphatic carbocycles. The minimum atomic E-state index is -1.19. The molecule has 7 nitrogen and oxygen atoms in total. The summed E-state index contributed by atoms with van der Waals surface area (Å²) < 4.78 is 0. The maximum Gasteiger partial charge on any atom is 0.337 e. The predicted octanol–water partition coefficient (Wildman–Crippen LogP) is 4.26. The Bertz CT molecular complexity index is 1250. The largest absolute Gasteiger partial charge is 0.478 e. The normalized spacial score (nSPS) is 11.5. The van der Waals surface area contributed by atoms with Crippen molar-refractivity contribution in [3.05, 3.63) is 83.4 Å². The second kappa shape index (κ2) is 11.2.